The molecule has 1 atom stereocenters. The van der Waals surface area contributed by atoms with Gasteiger partial charge in [0.15, 0.2) is 5.76 Å². The van der Waals surface area contributed by atoms with Gasteiger partial charge in [-0.2, -0.15) is 5.26 Å². The van der Waals surface area contributed by atoms with Gasteiger partial charge in [-0.1, -0.05) is 18.2 Å². The van der Waals surface area contributed by atoms with Crippen LogP contribution in [-0.2, 0) is 16.1 Å². The minimum Gasteiger partial charge on any atom is -0.497 e. The molecular weight excluding hydrogens is 360 g/mol. The first kappa shape index (κ1) is 19.1. The first-order valence-corrected chi connectivity index (χ1v) is 8.54. The van der Waals surface area contributed by atoms with Gasteiger partial charge in [-0.25, -0.2) is 0 Å². The summed E-state index contributed by atoms with van der Waals surface area (Å²) in [5.41, 5.74) is 1.76. The summed E-state index contributed by atoms with van der Waals surface area (Å²) in [6.07, 6.45) is 0.597. The molecular formula is C21H18N2O5. The van der Waals surface area contributed by atoms with E-state index >= 15 is 0 Å². The van der Waals surface area contributed by atoms with Crippen LogP contribution >= 0.6 is 0 Å². The van der Waals surface area contributed by atoms with Gasteiger partial charge >= 0.3 is 0 Å². The van der Waals surface area contributed by atoms with Gasteiger partial charge in [-0.3, -0.25) is 4.79 Å². The van der Waals surface area contributed by atoms with E-state index in [1.54, 1.807) is 55.6 Å². The number of nitrogens with zero attached hydrogens (tertiary/aromatic N) is 1. The summed E-state index contributed by atoms with van der Waals surface area (Å²) in [5, 5.41) is 12.4. The second-order valence-electron chi connectivity index (χ2n) is 6.01. The molecule has 1 amide bonds. The summed E-state index contributed by atoms with van der Waals surface area (Å²) in [7, 11) is 1.55. The van der Waals surface area contributed by atoms with Crippen LogP contribution in [0.15, 0.2) is 52.9 Å². The lowest BCUT2D eigenvalue weighted by Gasteiger charge is -2.12. The van der Waals surface area contributed by atoms with E-state index in [-0.39, 0.29) is 19.0 Å². The predicted octanol–water partition coefficient (Wildman–Crippen LogP) is 2.83. The van der Waals surface area contributed by atoms with Crippen LogP contribution in [-0.4, -0.2) is 32.0 Å². The van der Waals surface area contributed by atoms with E-state index in [0.29, 0.717) is 28.7 Å². The zero-order valence-corrected chi connectivity index (χ0v) is 15.2. The summed E-state index contributed by atoms with van der Waals surface area (Å²) in [4.78, 5) is 23.7. The molecule has 3 aromatic rings. The molecule has 0 aliphatic heterocycles. The molecule has 0 spiro atoms. The molecule has 3 rings (SSSR count). The van der Waals surface area contributed by atoms with Crippen molar-refractivity contribution in [3.05, 3.63) is 65.4 Å². The van der Waals surface area contributed by atoms with Crippen molar-refractivity contribution >= 4 is 23.2 Å². The number of rotatable bonds is 8. The van der Waals surface area contributed by atoms with Gasteiger partial charge in [0, 0.05) is 5.39 Å². The Labute approximate surface area is 161 Å². The summed E-state index contributed by atoms with van der Waals surface area (Å²) in [6, 6.07) is 15.0. The number of ether oxygens (including phenoxy) is 2. The van der Waals surface area contributed by atoms with E-state index in [0.717, 1.165) is 5.39 Å². The third-order valence-electron chi connectivity index (χ3n) is 4.12. The number of nitrogens with one attached hydrogen (secondary N) is 1. The molecule has 0 aliphatic rings. The van der Waals surface area contributed by atoms with Crippen LogP contribution in [0.3, 0.4) is 0 Å². The summed E-state index contributed by atoms with van der Waals surface area (Å²) in [5.74, 6) is 0.218. The number of benzene rings is 2. The van der Waals surface area contributed by atoms with Crippen LogP contribution in [0, 0.1) is 11.3 Å². The second-order valence-corrected chi connectivity index (χ2v) is 6.01. The van der Waals surface area contributed by atoms with Crippen molar-refractivity contribution < 1.29 is 23.5 Å². The molecule has 0 saturated carbocycles. The van der Waals surface area contributed by atoms with Crippen molar-refractivity contribution in [1.82, 2.24) is 5.32 Å². The molecule has 142 valence electrons. The highest BCUT2D eigenvalue weighted by Gasteiger charge is 2.17. The fourth-order valence-corrected chi connectivity index (χ4v) is 2.67. The highest BCUT2D eigenvalue weighted by molar-refractivity contribution is 5.97. The molecule has 0 fully saturated rings. The number of carbonyl (C=O) groups excluding carboxylic acids is 2. The first-order valence-electron chi connectivity index (χ1n) is 8.54. The van der Waals surface area contributed by atoms with Gasteiger partial charge in [0.1, 0.15) is 23.7 Å². The van der Waals surface area contributed by atoms with Crippen LogP contribution < -0.4 is 10.1 Å². The molecule has 0 unspecified atom stereocenters. The number of methoxy groups -OCH3 is 1. The van der Waals surface area contributed by atoms with Gasteiger partial charge < -0.3 is 24.0 Å². The van der Waals surface area contributed by atoms with Crippen molar-refractivity contribution in [3.8, 4) is 11.8 Å². The standard InChI is InChI=1S/C21H18N2O5/c1-26-18-6-7-19-16(8-18)9-20(28-19)21(25)23-17(11-24)13-27-12-15-5-3-2-4-14(15)10-22/h2-9,11,17H,12-13H2,1H3,(H,23,25)/t17-/m1/s1. The van der Waals surface area contributed by atoms with Crippen molar-refractivity contribution in [1.29, 1.82) is 5.26 Å². The van der Waals surface area contributed by atoms with Gasteiger partial charge in [0.2, 0.25) is 0 Å². The minimum absolute atomic E-state index is 0.0247. The number of furan rings is 1. The minimum atomic E-state index is -0.843. The zero-order valence-electron chi connectivity index (χ0n) is 15.2. The van der Waals surface area contributed by atoms with Crippen molar-refractivity contribution in [3.63, 3.8) is 0 Å². The molecule has 1 heterocycles. The van der Waals surface area contributed by atoms with E-state index in [1.165, 1.54) is 0 Å². The number of aldehydes is 1. The number of nitriles is 1. The lowest BCUT2D eigenvalue weighted by atomic mass is 10.1. The number of hydrogen-bond acceptors (Lipinski definition) is 6. The van der Waals surface area contributed by atoms with E-state index in [1.807, 2.05) is 0 Å². The molecule has 7 nitrogen and oxygen atoms in total. The fraction of sp³-hybridized carbons (Fsp3) is 0.190. The van der Waals surface area contributed by atoms with Crippen LogP contribution in [0.5, 0.6) is 5.75 Å². The van der Waals surface area contributed by atoms with Crippen LogP contribution in [0.2, 0.25) is 0 Å². The van der Waals surface area contributed by atoms with Crippen molar-refractivity contribution in [2.75, 3.05) is 13.7 Å². The summed E-state index contributed by atoms with van der Waals surface area (Å²) < 4.78 is 16.2. The normalized spacial score (nSPS) is 11.6. The third kappa shape index (κ3) is 4.37. The van der Waals surface area contributed by atoms with Gasteiger partial charge in [0.25, 0.3) is 5.91 Å². The molecule has 1 aromatic heterocycles. The second kappa shape index (κ2) is 8.84. The van der Waals surface area contributed by atoms with E-state index in [4.69, 9.17) is 19.2 Å². The maximum Gasteiger partial charge on any atom is 0.287 e. The Bertz CT molecular complexity index is 1030. The Balaban J connectivity index is 1.60. The van der Waals surface area contributed by atoms with Crippen molar-refractivity contribution in [2.24, 2.45) is 0 Å². The zero-order chi connectivity index (χ0) is 19.9. The van der Waals surface area contributed by atoms with Crippen LogP contribution in [0.1, 0.15) is 21.7 Å². The maximum absolute atomic E-state index is 12.4. The first-order chi connectivity index (χ1) is 13.6. The Morgan fingerprint density at radius 3 is 2.86 bits per heavy atom. The quantitative estimate of drug-likeness (QED) is 0.605. The molecule has 1 N–H and O–H groups in total. The lowest BCUT2D eigenvalue weighted by Crippen LogP contribution is -2.39. The number of amides is 1. The molecule has 7 heteroatoms. The largest absolute Gasteiger partial charge is 0.497 e. The number of hydrogen-bond donors (Lipinski definition) is 1. The van der Waals surface area contributed by atoms with E-state index in [2.05, 4.69) is 11.4 Å². The maximum atomic E-state index is 12.4. The molecule has 0 saturated heterocycles. The van der Waals surface area contributed by atoms with Crippen LogP contribution in [0.25, 0.3) is 11.0 Å². The Morgan fingerprint density at radius 2 is 2.11 bits per heavy atom. The smallest absolute Gasteiger partial charge is 0.287 e. The van der Waals surface area contributed by atoms with E-state index < -0.39 is 11.9 Å². The summed E-state index contributed by atoms with van der Waals surface area (Å²) in [6.45, 7) is 0.136. The van der Waals surface area contributed by atoms with Gasteiger partial charge in [-0.15, -0.1) is 0 Å². The molecule has 2 aromatic carbocycles. The monoisotopic (exact) mass is 378 g/mol. The predicted molar refractivity (Wildman–Crippen MR) is 101 cm³/mol. The molecule has 0 bridgehead atoms. The Hall–Kier alpha value is -3.63. The average Bonchev–Trinajstić information content (AvgIpc) is 3.16. The van der Waals surface area contributed by atoms with E-state index in [9.17, 15) is 9.59 Å². The third-order valence-corrected chi connectivity index (χ3v) is 4.12. The Kier molecular flexibility index (Phi) is 6.04. The van der Waals surface area contributed by atoms with Crippen LogP contribution in [0.4, 0.5) is 0 Å². The lowest BCUT2D eigenvalue weighted by molar-refractivity contribution is -0.110. The van der Waals surface area contributed by atoms with Gasteiger partial charge in [0.05, 0.1) is 32.0 Å². The average molecular weight is 378 g/mol. The van der Waals surface area contributed by atoms with Crippen molar-refractivity contribution in [2.45, 2.75) is 12.6 Å². The summed E-state index contributed by atoms with van der Waals surface area (Å²) >= 11 is 0. The SMILES string of the molecule is COc1ccc2oc(C(=O)N[C@H](C=O)COCc3ccccc3C#N)cc2c1. The topological polar surface area (TPSA) is 102 Å². The highest BCUT2D eigenvalue weighted by Crippen LogP contribution is 2.24. The fourth-order valence-electron chi connectivity index (χ4n) is 2.67. The molecule has 28 heavy (non-hydrogen) atoms. The number of fused-ring (bicyclic) bond motifs is 1. The number of carbonyl (C=O) groups is 2. The molecule has 0 radical (unpaired) electrons. The van der Waals surface area contributed by atoms with Gasteiger partial charge in [-0.05, 0) is 35.9 Å². The Morgan fingerprint density at radius 1 is 1.29 bits per heavy atom. The highest BCUT2D eigenvalue weighted by atomic mass is 16.5. The molecule has 0 aliphatic carbocycles.